The van der Waals surface area contributed by atoms with Crippen LogP contribution >= 0.6 is 11.6 Å². The van der Waals surface area contributed by atoms with Gasteiger partial charge in [-0.1, -0.05) is 17.7 Å². The molecule has 0 aliphatic carbocycles. The van der Waals surface area contributed by atoms with Crippen molar-refractivity contribution in [1.29, 1.82) is 0 Å². The molecule has 1 aromatic heterocycles. The number of pyridine rings is 1. The van der Waals surface area contributed by atoms with Crippen LogP contribution in [0.5, 0.6) is 0 Å². The van der Waals surface area contributed by atoms with E-state index in [1.54, 1.807) is 18.2 Å². The van der Waals surface area contributed by atoms with Gasteiger partial charge in [0.25, 0.3) is 5.91 Å². The van der Waals surface area contributed by atoms with E-state index in [1.807, 2.05) is 19.0 Å². The summed E-state index contributed by atoms with van der Waals surface area (Å²) in [5.41, 5.74) is 0.348. The molecule has 1 N–H and O–H groups in total. The quantitative estimate of drug-likeness (QED) is 0.782. The van der Waals surface area contributed by atoms with Crippen molar-refractivity contribution in [3.8, 4) is 0 Å². The van der Waals surface area contributed by atoms with Crippen LogP contribution < -0.4 is 5.32 Å². The maximum Gasteiger partial charge on any atom is 0.269 e. The van der Waals surface area contributed by atoms with Crippen LogP contribution in [0.15, 0.2) is 18.2 Å². The molecule has 1 aromatic rings. The number of nitrogens with one attached hydrogen (secondary N) is 1. The molecule has 82 valence electrons. The summed E-state index contributed by atoms with van der Waals surface area (Å²) in [7, 11) is 3.90. The molecule has 15 heavy (non-hydrogen) atoms. The van der Waals surface area contributed by atoms with Gasteiger partial charge >= 0.3 is 0 Å². The molecule has 0 unspecified atom stereocenters. The number of carbonyl (C=O) groups excluding carboxylic acids is 1. The number of hydrogen-bond acceptors (Lipinski definition) is 3. The Morgan fingerprint density at radius 1 is 1.53 bits per heavy atom. The fraction of sp³-hybridized carbons (Fsp3) is 0.400. The zero-order chi connectivity index (χ0) is 11.3. The molecule has 0 aliphatic rings. The molecule has 0 spiro atoms. The Kier molecular flexibility index (Phi) is 4.52. The fourth-order valence-electron chi connectivity index (χ4n) is 1.02. The molecule has 0 saturated heterocycles. The summed E-state index contributed by atoms with van der Waals surface area (Å²) in [6, 6.07) is 4.98. The molecule has 0 saturated carbocycles. The first-order chi connectivity index (χ1) is 7.09. The lowest BCUT2D eigenvalue weighted by atomic mass is 10.3. The Morgan fingerprint density at radius 2 is 2.27 bits per heavy atom. The number of nitrogens with zero attached hydrogens (tertiary/aromatic N) is 2. The number of hydrogen-bond donors (Lipinski definition) is 1. The van der Waals surface area contributed by atoms with E-state index in [0.717, 1.165) is 6.54 Å². The lowest BCUT2D eigenvalue weighted by molar-refractivity contribution is 0.0946. The van der Waals surface area contributed by atoms with Crippen molar-refractivity contribution in [2.75, 3.05) is 27.2 Å². The van der Waals surface area contributed by atoms with Gasteiger partial charge in [0.1, 0.15) is 10.8 Å². The molecule has 0 aliphatic heterocycles. The van der Waals surface area contributed by atoms with E-state index < -0.39 is 0 Å². The van der Waals surface area contributed by atoms with E-state index in [0.29, 0.717) is 17.4 Å². The van der Waals surface area contributed by atoms with Crippen LogP contribution in [-0.4, -0.2) is 43.0 Å². The molecule has 1 rings (SSSR count). The van der Waals surface area contributed by atoms with Crippen molar-refractivity contribution >= 4 is 17.5 Å². The van der Waals surface area contributed by atoms with Crippen LogP contribution in [0.4, 0.5) is 0 Å². The molecular formula is C10H14ClN3O. The largest absolute Gasteiger partial charge is 0.349 e. The predicted molar refractivity (Wildman–Crippen MR) is 60.1 cm³/mol. The second-order valence-corrected chi connectivity index (χ2v) is 3.79. The van der Waals surface area contributed by atoms with Crippen molar-refractivity contribution in [1.82, 2.24) is 15.2 Å². The van der Waals surface area contributed by atoms with E-state index >= 15 is 0 Å². The average molecular weight is 228 g/mol. The van der Waals surface area contributed by atoms with Crippen LogP contribution in [0.2, 0.25) is 5.15 Å². The first-order valence-corrected chi connectivity index (χ1v) is 5.03. The molecule has 0 atom stereocenters. The van der Waals surface area contributed by atoms with Gasteiger partial charge in [-0.05, 0) is 26.2 Å². The second-order valence-electron chi connectivity index (χ2n) is 3.40. The van der Waals surface area contributed by atoms with Crippen molar-refractivity contribution in [3.05, 3.63) is 29.0 Å². The van der Waals surface area contributed by atoms with Gasteiger partial charge in [-0.2, -0.15) is 0 Å². The van der Waals surface area contributed by atoms with Crippen molar-refractivity contribution in [2.45, 2.75) is 0 Å². The van der Waals surface area contributed by atoms with Gasteiger partial charge in [0.2, 0.25) is 0 Å². The minimum atomic E-state index is -0.195. The summed E-state index contributed by atoms with van der Waals surface area (Å²) >= 11 is 5.67. The molecular weight excluding hydrogens is 214 g/mol. The maximum absolute atomic E-state index is 11.5. The summed E-state index contributed by atoms with van der Waals surface area (Å²) in [5, 5.41) is 3.08. The van der Waals surface area contributed by atoms with Crippen LogP contribution in [0.1, 0.15) is 10.5 Å². The van der Waals surface area contributed by atoms with Gasteiger partial charge < -0.3 is 10.2 Å². The summed E-state index contributed by atoms with van der Waals surface area (Å²) < 4.78 is 0. The minimum absolute atomic E-state index is 0.195. The van der Waals surface area contributed by atoms with Gasteiger partial charge in [0.15, 0.2) is 0 Å². The first kappa shape index (κ1) is 11.9. The van der Waals surface area contributed by atoms with Gasteiger partial charge in [0, 0.05) is 13.1 Å². The molecule has 1 heterocycles. The normalized spacial score (nSPS) is 10.4. The van der Waals surface area contributed by atoms with Gasteiger partial charge in [-0.25, -0.2) is 4.98 Å². The van der Waals surface area contributed by atoms with Crippen LogP contribution in [-0.2, 0) is 0 Å². The highest BCUT2D eigenvalue weighted by Gasteiger charge is 2.06. The Balaban J connectivity index is 2.47. The number of carbonyl (C=O) groups is 1. The molecule has 0 radical (unpaired) electrons. The minimum Gasteiger partial charge on any atom is -0.349 e. The highest BCUT2D eigenvalue weighted by atomic mass is 35.5. The third-order valence-corrected chi connectivity index (χ3v) is 2.00. The summed E-state index contributed by atoms with van der Waals surface area (Å²) in [5.74, 6) is -0.195. The summed E-state index contributed by atoms with van der Waals surface area (Å²) in [6.07, 6.45) is 0. The number of rotatable bonds is 4. The summed E-state index contributed by atoms with van der Waals surface area (Å²) in [4.78, 5) is 17.4. The maximum atomic E-state index is 11.5. The lowest BCUT2D eigenvalue weighted by Crippen LogP contribution is -2.31. The van der Waals surface area contributed by atoms with Crippen molar-refractivity contribution in [3.63, 3.8) is 0 Å². The molecule has 0 fully saturated rings. The topological polar surface area (TPSA) is 45.2 Å². The SMILES string of the molecule is CN(C)CCNC(=O)c1cccc(Cl)n1. The second kappa shape index (κ2) is 5.68. The van der Waals surface area contributed by atoms with E-state index in [2.05, 4.69) is 10.3 Å². The smallest absolute Gasteiger partial charge is 0.269 e. The molecule has 1 amide bonds. The zero-order valence-corrected chi connectivity index (χ0v) is 9.58. The Labute approximate surface area is 94.3 Å². The number of halogens is 1. The van der Waals surface area contributed by atoms with Crippen LogP contribution in [0.3, 0.4) is 0 Å². The van der Waals surface area contributed by atoms with E-state index in [9.17, 15) is 4.79 Å². The highest BCUT2D eigenvalue weighted by Crippen LogP contribution is 2.04. The molecule has 0 aromatic carbocycles. The molecule has 5 heteroatoms. The predicted octanol–water partition coefficient (Wildman–Crippen LogP) is 1.03. The van der Waals surface area contributed by atoms with Gasteiger partial charge in [-0.15, -0.1) is 0 Å². The van der Waals surface area contributed by atoms with Crippen LogP contribution in [0.25, 0.3) is 0 Å². The van der Waals surface area contributed by atoms with Crippen LogP contribution in [0, 0.1) is 0 Å². The number of aromatic nitrogens is 1. The summed E-state index contributed by atoms with van der Waals surface area (Å²) in [6.45, 7) is 1.40. The third-order valence-electron chi connectivity index (χ3n) is 1.79. The lowest BCUT2D eigenvalue weighted by Gasteiger charge is -2.09. The number of amides is 1. The Bertz CT molecular complexity index is 341. The van der Waals surface area contributed by atoms with Gasteiger partial charge in [-0.3, -0.25) is 4.79 Å². The molecule has 0 bridgehead atoms. The van der Waals surface area contributed by atoms with Crippen molar-refractivity contribution in [2.24, 2.45) is 0 Å². The van der Waals surface area contributed by atoms with Gasteiger partial charge in [0.05, 0.1) is 0 Å². The van der Waals surface area contributed by atoms with E-state index in [1.165, 1.54) is 0 Å². The van der Waals surface area contributed by atoms with Crippen molar-refractivity contribution < 1.29 is 4.79 Å². The first-order valence-electron chi connectivity index (χ1n) is 4.65. The zero-order valence-electron chi connectivity index (χ0n) is 8.83. The fourth-order valence-corrected chi connectivity index (χ4v) is 1.18. The standard InChI is InChI=1S/C10H14ClN3O/c1-14(2)7-6-12-10(15)8-4-3-5-9(11)13-8/h3-5H,6-7H2,1-2H3,(H,12,15). The van der Waals surface area contributed by atoms with E-state index in [4.69, 9.17) is 11.6 Å². The Morgan fingerprint density at radius 3 is 2.87 bits per heavy atom. The number of likely N-dealkylation sites (N-methyl/N-ethyl adjacent to an activating group) is 1. The Hall–Kier alpha value is -1.13. The highest BCUT2D eigenvalue weighted by molar-refractivity contribution is 6.29. The third kappa shape index (κ3) is 4.27. The average Bonchev–Trinajstić information content (AvgIpc) is 2.17. The molecule has 4 nitrogen and oxygen atoms in total. The van der Waals surface area contributed by atoms with E-state index in [-0.39, 0.29) is 5.91 Å². The monoisotopic (exact) mass is 227 g/mol.